The zero-order valence-electron chi connectivity index (χ0n) is 11.7. The number of anilines is 2. The Morgan fingerprint density at radius 1 is 1.18 bits per heavy atom. The van der Waals surface area contributed by atoms with E-state index in [0.29, 0.717) is 27.2 Å². The highest BCUT2D eigenvalue weighted by Crippen LogP contribution is 2.31. The Morgan fingerprint density at radius 3 is 2.73 bits per heavy atom. The van der Waals surface area contributed by atoms with Gasteiger partial charge in [0, 0.05) is 19.2 Å². The van der Waals surface area contributed by atoms with Crippen LogP contribution in [0.1, 0.15) is 23.3 Å². The summed E-state index contributed by atoms with van der Waals surface area (Å²) >= 11 is 12.1. The number of carbonyl (C=O) groups excluding carboxylic acids is 1. The van der Waals surface area contributed by atoms with Crippen molar-refractivity contribution in [3.05, 3.63) is 46.3 Å². The second-order valence-electron chi connectivity index (χ2n) is 5.01. The molecule has 2 aromatic rings. The van der Waals surface area contributed by atoms with Crippen LogP contribution in [-0.4, -0.2) is 33.9 Å². The Kier molecular flexibility index (Phi) is 4.45. The molecule has 1 N–H and O–H groups in total. The van der Waals surface area contributed by atoms with Gasteiger partial charge >= 0.3 is 0 Å². The van der Waals surface area contributed by atoms with Crippen molar-refractivity contribution in [2.45, 2.75) is 12.8 Å². The molecule has 0 radical (unpaired) electrons. The molecule has 1 aliphatic rings. The lowest BCUT2D eigenvalue weighted by atomic mass is 10.3. The van der Waals surface area contributed by atoms with Gasteiger partial charge in [0.2, 0.25) is 0 Å². The summed E-state index contributed by atoms with van der Waals surface area (Å²) in [5.41, 5.74) is 1.00. The van der Waals surface area contributed by atoms with Gasteiger partial charge in [0.1, 0.15) is 17.8 Å². The largest absolute Gasteiger partial charge is 0.339 e. The van der Waals surface area contributed by atoms with Gasteiger partial charge in [-0.2, -0.15) is 0 Å². The van der Waals surface area contributed by atoms with Crippen molar-refractivity contribution >= 4 is 40.6 Å². The summed E-state index contributed by atoms with van der Waals surface area (Å²) in [4.78, 5) is 22.3. The normalized spacial score (nSPS) is 14.2. The van der Waals surface area contributed by atoms with E-state index in [-0.39, 0.29) is 5.91 Å². The maximum absolute atomic E-state index is 12.3. The molecule has 114 valence electrons. The fourth-order valence-corrected chi connectivity index (χ4v) is 2.71. The molecule has 22 heavy (non-hydrogen) atoms. The van der Waals surface area contributed by atoms with Gasteiger partial charge in [-0.1, -0.05) is 29.3 Å². The number of amides is 1. The summed E-state index contributed by atoms with van der Waals surface area (Å²) < 4.78 is 0. The number of nitrogens with zero attached hydrogens (tertiary/aromatic N) is 3. The van der Waals surface area contributed by atoms with E-state index >= 15 is 0 Å². The van der Waals surface area contributed by atoms with Crippen molar-refractivity contribution in [3.63, 3.8) is 0 Å². The minimum atomic E-state index is -0.0693. The molecule has 0 atom stereocenters. The van der Waals surface area contributed by atoms with E-state index in [1.165, 1.54) is 6.33 Å². The molecule has 1 aliphatic heterocycles. The fraction of sp³-hybridized carbons (Fsp3) is 0.267. The quantitative estimate of drug-likeness (QED) is 0.926. The molecule has 0 saturated carbocycles. The molecule has 0 aliphatic carbocycles. The second-order valence-corrected chi connectivity index (χ2v) is 5.80. The highest BCUT2D eigenvalue weighted by atomic mass is 35.5. The van der Waals surface area contributed by atoms with Crippen LogP contribution in [-0.2, 0) is 0 Å². The SMILES string of the molecule is O=C(c1cc(Nc2cccc(Cl)c2Cl)ncn1)N1CCCC1. The Balaban J connectivity index is 1.82. The molecule has 1 saturated heterocycles. The number of likely N-dealkylation sites (tertiary alicyclic amines) is 1. The first-order valence-corrected chi connectivity index (χ1v) is 7.73. The van der Waals surface area contributed by atoms with Crippen molar-refractivity contribution in [3.8, 4) is 0 Å². The number of carbonyl (C=O) groups is 1. The van der Waals surface area contributed by atoms with Gasteiger partial charge in [0.25, 0.3) is 5.91 Å². The van der Waals surface area contributed by atoms with Crippen LogP contribution >= 0.6 is 23.2 Å². The van der Waals surface area contributed by atoms with Crippen LogP contribution in [0.2, 0.25) is 10.0 Å². The summed E-state index contributed by atoms with van der Waals surface area (Å²) in [6.07, 6.45) is 3.45. The van der Waals surface area contributed by atoms with Gasteiger partial charge in [0.05, 0.1) is 15.7 Å². The van der Waals surface area contributed by atoms with E-state index in [1.54, 1.807) is 29.2 Å². The molecule has 0 unspecified atom stereocenters. The van der Waals surface area contributed by atoms with Crippen LogP contribution < -0.4 is 5.32 Å². The lowest BCUT2D eigenvalue weighted by Crippen LogP contribution is -2.28. The molecular formula is C15H14Cl2N4O. The van der Waals surface area contributed by atoms with Crippen LogP contribution in [0.3, 0.4) is 0 Å². The molecule has 3 rings (SSSR count). The van der Waals surface area contributed by atoms with E-state index in [2.05, 4.69) is 15.3 Å². The maximum atomic E-state index is 12.3. The molecule has 1 aromatic heterocycles. The summed E-state index contributed by atoms with van der Waals surface area (Å²) in [6, 6.07) is 6.90. The van der Waals surface area contributed by atoms with Gasteiger partial charge < -0.3 is 10.2 Å². The molecule has 0 bridgehead atoms. The monoisotopic (exact) mass is 336 g/mol. The Bertz CT molecular complexity index is 702. The van der Waals surface area contributed by atoms with Crippen LogP contribution in [0.4, 0.5) is 11.5 Å². The highest BCUT2D eigenvalue weighted by Gasteiger charge is 2.21. The third kappa shape index (κ3) is 3.15. The van der Waals surface area contributed by atoms with E-state index in [9.17, 15) is 4.79 Å². The van der Waals surface area contributed by atoms with Crippen molar-refractivity contribution < 1.29 is 4.79 Å². The summed E-state index contributed by atoms with van der Waals surface area (Å²) in [7, 11) is 0. The van der Waals surface area contributed by atoms with Gasteiger partial charge in [-0.05, 0) is 25.0 Å². The topological polar surface area (TPSA) is 58.1 Å². The van der Waals surface area contributed by atoms with E-state index in [1.807, 2.05) is 0 Å². The van der Waals surface area contributed by atoms with Crippen LogP contribution in [0.25, 0.3) is 0 Å². The first kappa shape index (κ1) is 15.1. The first-order chi connectivity index (χ1) is 10.6. The standard InChI is InChI=1S/C15H14Cl2N4O/c16-10-4-3-5-11(14(10)17)20-13-8-12(18-9-19-13)15(22)21-6-1-2-7-21/h3-5,8-9H,1-2,6-7H2,(H,18,19,20). The second kappa shape index (κ2) is 6.50. The van der Waals surface area contributed by atoms with Gasteiger partial charge in [-0.15, -0.1) is 0 Å². The van der Waals surface area contributed by atoms with Gasteiger partial charge in [-0.3, -0.25) is 4.79 Å². The number of hydrogen-bond donors (Lipinski definition) is 1. The van der Waals surface area contributed by atoms with E-state index < -0.39 is 0 Å². The van der Waals surface area contributed by atoms with Gasteiger partial charge in [-0.25, -0.2) is 9.97 Å². The highest BCUT2D eigenvalue weighted by molar-refractivity contribution is 6.43. The summed E-state index contributed by atoms with van der Waals surface area (Å²) in [5, 5.41) is 3.93. The molecule has 5 nitrogen and oxygen atoms in total. The van der Waals surface area contributed by atoms with Gasteiger partial charge in [0.15, 0.2) is 0 Å². The summed E-state index contributed by atoms with van der Waals surface area (Å²) in [6.45, 7) is 1.57. The number of halogens is 2. The predicted octanol–water partition coefficient (Wildman–Crippen LogP) is 3.76. The minimum absolute atomic E-state index is 0.0693. The zero-order chi connectivity index (χ0) is 15.5. The molecule has 1 aromatic carbocycles. The molecule has 1 fully saturated rings. The zero-order valence-corrected chi connectivity index (χ0v) is 13.2. The molecular weight excluding hydrogens is 323 g/mol. The molecule has 7 heteroatoms. The fourth-order valence-electron chi connectivity index (χ4n) is 2.36. The smallest absolute Gasteiger partial charge is 0.272 e. The Hall–Kier alpha value is -1.85. The van der Waals surface area contributed by atoms with Crippen molar-refractivity contribution in [1.29, 1.82) is 0 Å². The minimum Gasteiger partial charge on any atom is -0.339 e. The van der Waals surface area contributed by atoms with Crippen molar-refractivity contribution in [2.24, 2.45) is 0 Å². The molecule has 2 heterocycles. The number of hydrogen-bond acceptors (Lipinski definition) is 4. The third-order valence-corrected chi connectivity index (χ3v) is 4.31. The lowest BCUT2D eigenvalue weighted by molar-refractivity contribution is 0.0787. The van der Waals surface area contributed by atoms with E-state index in [4.69, 9.17) is 23.2 Å². The number of rotatable bonds is 3. The Morgan fingerprint density at radius 2 is 1.95 bits per heavy atom. The molecule has 1 amide bonds. The number of benzene rings is 1. The lowest BCUT2D eigenvalue weighted by Gasteiger charge is -2.15. The van der Waals surface area contributed by atoms with Crippen molar-refractivity contribution in [1.82, 2.24) is 14.9 Å². The van der Waals surface area contributed by atoms with Crippen LogP contribution in [0.5, 0.6) is 0 Å². The van der Waals surface area contributed by atoms with Crippen molar-refractivity contribution in [2.75, 3.05) is 18.4 Å². The van der Waals surface area contributed by atoms with Crippen LogP contribution in [0.15, 0.2) is 30.6 Å². The number of aromatic nitrogens is 2. The Labute approximate surface area is 138 Å². The number of nitrogens with one attached hydrogen (secondary N) is 1. The van der Waals surface area contributed by atoms with Crippen LogP contribution in [0, 0.1) is 0 Å². The average Bonchev–Trinajstić information content (AvgIpc) is 3.06. The third-order valence-electron chi connectivity index (χ3n) is 3.49. The maximum Gasteiger partial charge on any atom is 0.272 e. The predicted molar refractivity (Wildman–Crippen MR) is 86.9 cm³/mol. The summed E-state index contributed by atoms with van der Waals surface area (Å²) in [5.74, 6) is 0.432. The molecule has 0 spiro atoms. The van der Waals surface area contributed by atoms with E-state index in [0.717, 1.165) is 25.9 Å². The first-order valence-electron chi connectivity index (χ1n) is 6.97. The average molecular weight is 337 g/mol.